The van der Waals surface area contributed by atoms with Gasteiger partial charge in [0.2, 0.25) is 0 Å². The Bertz CT molecular complexity index is 612. The number of thiazole rings is 1. The molecule has 0 aliphatic carbocycles. The van der Waals surface area contributed by atoms with Crippen molar-refractivity contribution < 1.29 is 0 Å². The van der Waals surface area contributed by atoms with Crippen LogP contribution in [-0.2, 0) is 0 Å². The summed E-state index contributed by atoms with van der Waals surface area (Å²) in [5, 5.41) is 5.44. The second-order valence-corrected chi connectivity index (χ2v) is 6.88. The molecule has 0 amide bonds. The molecule has 2 aromatic rings. The predicted molar refractivity (Wildman–Crippen MR) is 81.3 cm³/mol. The maximum atomic E-state index is 6.01. The first-order valence-corrected chi connectivity index (χ1v) is 8.06. The topological polar surface area (TPSA) is 28.2 Å². The van der Waals surface area contributed by atoms with Crippen LogP contribution in [0.2, 0.25) is 5.02 Å². The van der Waals surface area contributed by atoms with Crippen LogP contribution in [0.25, 0.3) is 10.2 Å². The van der Waals surface area contributed by atoms with Crippen molar-refractivity contribution in [2.45, 2.75) is 31.3 Å². The van der Waals surface area contributed by atoms with Gasteiger partial charge in [-0.15, -0.1) is 0 Å². The number of fused-ring (bicyclic) bond motifs is 2. The van der Waals surface area contributed by atoms with Crippen molar-refractivity contribution in [1.82, 2.24) is 9.88 Å². The van der Waals surface area contributed by atoms with E-state index in [1.165, 1.54) is 37.1 Å². The summed E-state index contributed by atoms with van der Waals surface area (Å²) < 4.78 is 1.20. The van der Waals surface area contributed by atoms with Crippen LogP contribution in [0.1, 0.15) is 19.3 Å². The van der Waals surface area contributed by atoms with Crippen LogP contribution >= 0.6 is 22.9 Å². The second kappa shape index (κ2) is 4.62. The van der Waals surface area contributed by atoms with Gasteiger partial charge in [-0.3, -0.25) is 4.90 Å². The fraction of sp³-hybridized carbons (Fsp3) is 0.500. The Balaban J connectivity index is 1.58. The molecule has 0 spiro atoms. The van der Waals surface area contributed by atoms with Crippen molar-refractivity contribution >= 4 is 38.3 Å². The highest BCUT2D eigenvalue weighted by Crippen LogP contribution is 2.33. The van der Waals surface area contributed by atoms with E-state index in [1.807, 2.05) is 12.1 Å². The molecular formula is C14H16ClN3S. The van der Waals surface area contributed by atoms with Crippen LogP contribution in [0, 0.1) is 0 Å². The summed E-state index contributed by atoms with van der Waals surface area (Å²) >= 11 is 7.74. The lowest BCUT2D eigenvalue weighted by Gasteiger charge is -2.20. The minimum atomic E-state index is 0.568. The highest BCUT2D eigenvalue weighted by atomic mass is 35.5. The Morgan fingerprint density at radius 3 is 3.21 bits per heavy atom. The first-order valence-electron chi connectivity index (χ1n) is 6.86. The van der Waals surface area contributed by atoms with Crippen molar-refractivity contribution in [1.29, 1.82) is 0 Å². The molecule has 0 bridgehead atoms. The van der Waals surface area contributed by atoms with E-state index in [4.69, 9.17) is 11.6 Å². The molecule has 2 fully saturated rings. The van der Waals surface area contributed by atoms with Crippen LogP contribution in [0.15, 0.2) is 18.2 Å². The van der Waals surface area contributed by atoms with Gasteiger partial charge >= 0.3 is 0 Å². The van der Waals surface area contributed by atoms with Crippen molar-refractivity contribution in [2.75, 3.05) is 18.4 Å². The number of halogens is 1. The summed E-state index contributed by atoms with van der Waals surface area (Å²) in [6.45, 7) is 2.51. The standard InChI is InChI=1S/C14H16ClN3S/c15-9-3-4-13-11(8-9)17-14(19-13)16-10-5-7-18-6-1-2-12(10)18/h3-4,8,10,12H,1-2,5-7H2,(H,16,17). The number of hydrogen-bond acceptors (Lipinski definition) is 4. The molecule has 2 unspecified atom stereocenters. The largest absolute Gasteiger partial charge is 0.357 e. The molecule has 2 saturated heterocycles. The monoisotopic (exact) mass is 293 g/mol. The van der Waals surface area contributed by atoms with E-state index in [0.717, 1.165) is 21.7 Å². The zero-order valence-corrected chi connectivity index (χ0v) is 12.2. The molecule has 0 saturated carbocycles. The lowest BCUT2D eigenvalue weighted by Crippen LogP contribution is -2.33. The van der Waals surface area contributed by atoms with Crippen molar-refractivity contribution in [3.63, 3.8) is 0 Å². The molecule has 2 aliphatic heterocycles. The molecule has 1 aromatic heterocycles. The molecule has 1 aromatic carbocycles. The average molecular weight is 294 g/mol. The number of nitrogens with zero attached hydrogens (tertiary/aromatic N) is 2. The van der Waals surface area contributed by atoms with Gasteiger partial charge in [-0.05, 0) is 44.0 Å². The summed E-state index contributed by atoms with van der Waals surface area (Å²) in [5.41, 5.74) is 1.00. The SMILES string of the molecule is Clc1ccc2sc(NC3CCN4CCCC34)nc2c1. The first-order chi connectivity index (χ1) is 9.29. The number of benzene rings is 1. The number of nitrogens with one attached hydrogen (secondary N) is 1. The molecule has 3 heterocycles. The number of hydrogen-bond donors (Lipinski definition) is 1. The van der Waals surface area contributed by atoms with E-state index in [2.05, 4.69) is 21.3 Å². The zero-order chi connectivity index (χ0) is 12.8. The second-order valence-electron chi connectivity index (χ2n) is 5.42. The van der Waals surface area contributed by atoms with Gasteiger partial charge in [0.25, 0.3) is 0 Å². The Kier molecular flexibility index (Phi) is 2.90. The summed E-state index contributed by atoms with van der Waals surface area (Å²) in [6, 6.07) is 7.21. The van der Waals surface area contributed by atoms with E-state index in [0.29, 0.717) is 6.04 Å². The molecule has 0 radical (unpaired) electrons. The minimum absolute atomic E-state index is 0.568. The first kappa shape index (κ1) is 11.9. The van der Waals surface area contributed by atoms with Gasteiger partial charge in [-0.1, -0.05) is 22.9 Å². The van der Waals surface area contributed by atoms with Crippen LogP contribution in [0.4, 0.5) is 5.13 Å². The highest BCUT2D eigenvalue weighted by Gasteiger charge is 2.37. The van der Waals surface area contributed by atoms with Gasteiger partial charge in [-0.25, -0.2) is 4.98 Å². The number of anilines is 1. The van der Waals surface area contributed by atoms with Crippen LogP contribution < -0.4 is 5.32 Å². The van der Waals surface area contributed by atoms with Gasteiger partial charge in [0, 0.05) is 23.7 Å². The maximum Gasteiger partial charge on any atom is 0.184 e. The lowest BCUT2D eigenvalue weighted by atomic mass is 10.1. The third kappa shape index (κ3) is 2.12. The van der Waals surface area contributed by atoms with Crippen LogP contribution in [0.3, 0.4) is 0 Å². The Labute approximate surface area is 121 Å². The molecular weight excluding hydrogens is 278 g/mol. The molecule has 19 heavy (non-hydrogen) atoms. The molecule has 100 valence electrons. The Morgan fingerprint density at radius 1 is 1.32 bits per heavy atom. The number of aromatic nitrogens is 1. The van der Waals surface area contributed by atoms with Crippen molar-refractivity contribution in [3.05, 3.63) is 23.2 Å². The molecule has 2 atom stereocenters. The van der Waals surface area contributed by atoms with Gasteiger partial charge in [-0.2, -0.15) is 0 Å². The van der Waals surface area contributed by atoms with E-state index in [1.54, 1.807) is 11.3 Å². The van der Waals surface area contributed by atoms with Gasteiger partial charge in [0.1, 0.15) is 0 Å². The van der Waals surface area contributed by atoms with Gasteiger partial charge in [0.15, 0.2) is 5.13 Å². The predicted octanol–water partition coefficient (Wildman–Crippen LogP) is 3.60. The molecule has 4 rings (SSSR count). The van der Waals surface area contributed by atoms with Gasteiger partial charge in [0.05, 0.1) is 10.2 Å². The fourth-order valence-electron chi connectivity index (χ4n) is 3.37. The van der Waals surface area contributed by atoms with Crippen molar-refractivity contribution in [3.8, 4) is 0 Å². The van der Waals surface area contributed by atoms with E-state index in [-0.39, 0.29) is 0 Å². The zero-order valence-electron chi connectivity index (χ0n) is 10.6. The van der Waals surface area contributed by atoms with E-state index in [9.17, 15) is 0 Å². The smallest absolute Gasteiger partial charge is 0.184 e. The van der Waals surface area contributed by atoms with Crippen LogP contribution in [-0.4, -0.2) is 35.1 Å². The van der Waals surface area contributed by atoms with Crippen molar-refractivity contribution in [2.24, 2.45) is 0 Å². The average Bonchev–Trinajstić information content (AvgIpc) is 3.05. The maximum absolute atomic E-state index is 6.01. The molecule has 1 N–H and O–H groups in total. The quantitative estimate of drug-likeness (QED) is 0.917. The normalized spacial score (nSPS) is 27.0. The Morgan fingerprint density at radius 2 is 2.26 bits per heavy atom. The summed E-state index contributed by atoms with van der Waals surface area (Å²) in [4.78, 5) is 7.27. The lowest BCUT2D eigenvalue weighted by molar-refractivity contribution is 0.318. The third-order valence-electron chi connectivity index (χ3n) is 4.26. The summed E-state index contributed by atoms with van der Waals surface area (Å²) in [6.07, 6.45) is 3.91. The highest BCUT2D eigenvalue weighted by molar-refractivity contribution is 7.22. The van der Waals surface area contributed by atoms with E-state index >= 15 is 0 Å². The third-order valence-corrected chi connectivity index (χ3v) is 5.47. The minimum Gasteiger partial charge on any atom is -0.357 e. The molecule has 3 nitrogen and oxygen atoms in total. The number of rotatable bonds is 2. The summed E-state index contributed by atoms with van der Waals surface area (Å²) in [7, 11) is 0. The summed E-state index contributed by atoms with van der Waals surface area (Å²) in [5.74, 6) is 0. The fourth-order valence-corrected chi connectivity index (χ4v) is 4.45. The molecule has 5 heteroatoms. The Hall–Kier alpha value is -0.840. The molecule has 2 aliphatic rings. The van der Waals surface area contributed by atoms with E-state index < -0.39 is 0 Å². The van der Waals surface area contributed by atoms with Gasteiger partial charge < -0.3 is 5.32 Å². The van der Waals surface area contributed by atoms with Crippen LogP contribution in [0.5, 0.6) is 0 Å².